The van der Waals surface area contributed by atoms with Crippen LogP contribution >= 0.6 is 11.8 Å². The van der Waals surface area contributed by atoms with Crippen molar-refractivity contribution in [1.29, 1.82) is 0 Å². The summed E-state index contributed by atoms with van der Waals surface area (Å²) in [5, 5.41) is 2.84. The van der Waals surface area contributed by atoms with E-state index in [9.17, 15) is 4.79 Å². The van der Waals surface area contributed by atoms with Crippen LogP contribution in [0.1, 0.15) is 27.7 Å². The van der Waals surface area contributed by atoms with E-state index in [2.05, 4.69) is 32.7 Å². The zero-order chi connectivity index (χ0) is 11.2. The molecule has 2 nitrogen and oxygen atoms in total. The molecular weight excluding hydrogens is 194 g/mol. The molecule has 14 heavy (non-hydrogen) atoms. The highest BCUT2D eigenvalue weighted by molar-refractivity contribution is 7.99. The zero-order valence-electron chi connectivity index (χ0n) is 9.59. The fourth-order valence-electron chi connectivity index (χ4n) is 0.885. The first-order chi connectivity index (χ1) is 6.35. The van der Waals surface area contributed by atoms with Gasteiger partial charge >= 0.3 is 0 Å². The second-order valence-electron chi connectivity index (χ2n) is 4.69. The number of carbonyl (C=O) groups is 1. The van der Waals surface area contributed by atoms with Crippen molar-refractivity contribution in [2.24, 2.45) is 5.41 Å². The molecule has 0 rings (SSSR count). The third-order valence-corrected chi connectivity index (χ3v) is 3.28. The minimum atomic E-state index is -0.0890. The highest BCUT2D eigenvalue weighted by atomic mass is 32.2. The Labute approximate surface area is 91.5 Å². The zero-order valence-corrected chi connectivity index (χ0v) is 10.4. The Kier molecular flexibility index (Phi) is 5.93. The predicted octanol–water partition coefficient (Wildman–Crippen LogP) is 2.46. The monoisotopic (exact) mass is 215 g/mol. The van der Waals surface area contributed by atoms with E-state index in [-0.39, 0.29) is 11.9 Å². The van der Waals surface area contributed by atoms with Crippen LogP contribution in [0.3, 0.4) is 0 Å². The highest BCUT2D eigenvalue weighted by Crippen LogP contribution is 2.20. The topological polar surface area (TPSA) is 29.1 Å². The van der Waals surface area contributed by atoms with E-state index >= 15 is 0 Å². The molecule has 0 saturated heterocycles. The molecule has 1 amide bonds. The average molecular weight is 215 g/mol. The molecular formula is C11H21NOS. The molecule has 0 aliphatic rings. The van der Waals surface area contributed by atoms with Crippen molar-refractivity contribution in [1.82, 2.24) is 5.32 Å². The third kappa shape index (κ3) is 8.17. The molecule has 0 aliphatic carbocycles. The molecule has 0 aromatic heterocycles. The Morgan fingerprint density at radius 3 is 2.57 bits per heavy atom. The largest absolute Gasteiger partial charge is 0.349 e. The molecule has 82 valence electrons. The van der Waals surface area contributed by atoms with Gasteiger partial charge in [-0.05, 0) is 24.2 Å². The first-order valence-electron chi connectivity index (χ1n) is 4.86. The van der Waals surface area contributed by atoms with Gasteiger partial charge in [0.1, 0.15) is 0 Å². The van der Waals surface area contributed by atoms with Crippen molar-refractivity contribution < 1.29 is 4.79 Å². The highest BCUT2D eigenvalue weighted by Gasteiger charge is 2.11. The van der Waals surface area contributed by atoms with Crippen molar-refractivity contribution in [2.75, 3.05) is 11.5 Å². The fourth-order valence-corrected chi connectivity index (χ4v) is 2.05. The van der Waals surface area contributed by atoms with Crippen LogP contribution in [-0.4, -0.2) is 23.5 Å². The van der Waals surface area contributed by atoms with Crippen LogP contribution in [0.4, 0.5) is 0 Å². The molecule has 0 aromatic rings. The summed E-state index contributed by atoms with van der Waals surface area (Å²) in [5.41, 5.74) is 0.354. The first kappa shape index (κ1) is 13.6. The van der Waals surface area contributed by atoms with E-state index in [0.29, 0.717) is 5.41 Å². The van der Waals surface area contributed by atoms with Crippen LogP contribution in [-0.2, 0) is 4.79 Å². The summed E-state index contributed by atoms with van der Waals surface area (Å²) >= 11 is 1.87. The van der Waals surface area contributed by atoms with Crippen molar-refractivity contribution in [3.05, 3.63) is 12.7 Å². The van der Waals surface area contributed by atoms with Crippen LogP contribution in [0.5, 0.6) is 0 Å². The molecule has 0 heterocycles. The lowest BCUT2D eigenvalue weighted by Gasteiger charge is -2.19. The number of thioether (sulfide) groups is 1. The maximum atomic E-state index is 10.9. The van der Waals surface area contributed by atoms with Crippen LogP contribution in [0.25, 0.3) is 0 Å². The van der Waals surface area contributed by atoms with E-state index in [4.69, 9.17) is 0 Å². The van der Waals surface area contributed by atoms with E-state index in [0.717, 1.165) is 11.5 Å². The van der Waals surface area contributed by atoms with Gasteiger partial charge in [0, 0.05) is 11.8 Å². The van der Waals surface area contributed by atoms with E-state index < -0.39 is 0 Å². The molecule has 3 heteroatoms. The van der Waals surface area contributed by atoms with Gasteiger partial charge in [0.15, 0.2) is 0 Å². The summed E-state index contributed by atoms with van der Waals surface area (Å²) in [4.78, 5) is 10.9. The number of amides is 1. The Morgan fingerprint density at radius 2 is 2.14 bits per heavy atom. The number of hydrogen-bond donors (Lipinski definition) is 1. The normalized spacial score (nSPS) is 13.4. The molecule has 0 aliphatic heterocycles. The van der Waals surface area contributed by atoms with Crippen LogP contribution in [0.15, 0.2) is 12.7 Å². The van der Waals surface area contributed by atoms with Gasteiger partial charge in [-0.2, -0.15) is 11.8 Å². The number of hydrogen-bond acceptors (Lipinski definition) is 2. The van der Waals surface area contributed by atoms with E-state index in [1.165, 1.54) is 6.08 Å². The summed E-state index contributed by atoms with van der Waals surface area (Å²) in [6, 6.07) is 0.216. The van der Waals surface area contributed by atoms with Gasteiger partial charge in [-0.3, -0.25) is 4.79 Å². The molecule has 0 spiro atoms. The van der Waals surface area contributed by atoms with E-state index in [1.807, 2.05) is 18.7 Å². The predicted molar refractivity (Wildman–Crippen MR) is 64.6 cm³/mol. The fraction of sp³-hybridized carbons (Fsp3) is 0.727. The Bertz CT molecular complexity index is 196. The minimum absolute atomic E-state index is 0.0890. The van der Waals surface area contributed by atoms with Crippen molar-refractivity contribution in [2.45, 2.75) is 33.7 Å². The van der Waals surface area contributed by atoms with Crippen LogP contribution in [0.2, 0.25) is 0 Å². The van der Waals surface area contributed by atoms with Crippen LogP contribution < -0.4 is 5.32 Å². The Hall–Kier alpha value is -0.440. The maximum Gasteiger partial charge on any atom is 0.243 e. The van der Waals surface area contributed by atoms with Crippen molar-refractivity contribution in [3.8, 4) is 0 Å². The summed E-state index contributed by atoms with van der Waals surface area (Å²) in [6.07, 6.45) is 1.31. The summed E-state index contributed by atoms with van der Waals surface area (Å²) < 4.78 is 0. The number of nitrogens with one attached hydrogen (secondary N) is 1. The standard InChI is InChI=1S/C11H21NOS/c1-6-10(13)12-9(2)7-14-8-11(3,4)5/h6,9H,1,7-8H2,2-5H3,(H,12,13). The number of carbonyl (C=O) groups excluding carboxylic acids is 1. The molecule has 0 aromatic carbocycles. The molecule has 0 radical (unpaired) electrons. The van der Waals surface area contributed by atoms with Gasteiger partial charge in [0.25, 0.3) is 0 Å². The maximum absolute atomic E-state index is 10.9. The van der Waals surface area contributed by atoms with Gasteiger partial charge in [-0.15, -0.1) is 0 Å². The molecule has 0 bridgehead atoms. The molecule has 1 atom stereocenters. The third-order valence-electron chi connectivity index (χ3n) is 1.48. The Morgan fingerprint density at radius 1 is 1.57 bits per heavy atom. The van der Waals surface area contributed by atoms with Gasteiger partial charge < -0.3 is 5.32 Å². The molecule has 1 N–H and O–H groups in total. The Balaban J connectivity index is 3.59. The number of rotatable bonds is 5. The lowest BCUT2D eigenvalue weighted by Crippen LogP contribution is -2.33. The second-order valence-corrected chi connectivity index (χ2v) is 5.72. The molecule has 0 fully saturated rings. The average Bonchev–Trinajstić information content (AvgIpc) is 2.01. The van der Waals surface area contributed by atoms with Crippen LogP contribution in [0, 0.1) is 5.41 Å². The van der Waals surface area contributed by atoms with E-state index in [1.54, 1.807) is 0 Å². The second kappa shape index (κ2) is 6.12. The summed E-state index contributed by atoms with van der Waals surface area (Å²) in [5.74, 6) is 1.98. The molecule has 1 unspecified atom stereocenters. The molecule has 0 saturated carbocycles. The quantitative estimate of drug-likeness (QED) is 0.714. The van der Waals surface area contributed by atoms with Gasteiger partial charge in [0.05, 0.1) is 0 Å². The summed E-state index contributed by atoms with van der Waals surface area (Å²) in [6.45, 7) is 12.1. The summed E-state index contributed by atoms with van der Waals surface area (Å²) in [7, 11) is 0. The first-order valence-corrected chi connectivity index (χ1v) is 6.01. The van der Waals surface area contributed by atoms with Gasteiger partial charge in [-0.25, -0.2) is 0 Å². The minimum Gasteiger partial charge on any atom is -0.349 e. The van der Waals surface area contributed by atoms with Crippen molar-refractivity contribution >= 4 is 17.7 Å². The van der Waals surface area contributed by atoms with Crippen molar-refractivity contribution in [3.63, 3.8) is 0 Å². The SMILES string of the molecule is C=CC(=O)NC(C)CSCC(C)(C)C. The lowest BCUT2D eigenvalue weighted by atomic mass is 10.0. The van der Waals surface area contributed by atoms with Gasteiger partial charge in [-0.1, -0.05) is 27.4 Å². The van der Waals surface area contributed by atoms with Gasteiger partial charge in [0.2, 0.25) is 5.91 Å². The lowest BCUT2D eigenvalue weighted by molar-refractivity contribution is -0.116. The smallest absolute Gasteiger partial charge is 0.243 e.